The predicted octanol–water partition coefficient (Wildman–Crippen LogP) is -0.449. The van der Waals surface area contributed by atoms with Crippen molar-refractivity contribution in [2.45, 2.75) is 0 Å². The van der Waals surface area contributed by atoms with Crippen LogP contribution < -0.4 is 11.1 Å². The minimum Gasteiger partial charge on any atom is -0.493 e. The van der Waals surface area contributed by atoms with Gasteiger partial charge in [0.2, 0.25) is 5.91 Å². The molecule has 20 heavy (non-hydrogen) atoms. The highest BCUT2D eigenvalue weighted by molar-refractivity contribution is 6.13. The zero-order valence-electron chi connectivity index (χ0n) is 11.4. The highest BCUT2D eigenvalue weighted by Crippen LogP contribution is 2.24. The molecule has 0 saturated heterocycles. The monoisotopic (exact) mass is 281 g/mol. The number of carbonyl (C=O) groups excluding carboxylic acids is 1. The summed E-state index contributed by atoms with van der Waals surface area (Å²) >= 11 is 0. The van der Waals surface area contributed by atoms with Crippen LogP contribution in [0.15, 0.2) is 28.7 Å². The van der Waals surface area contributed by atoms with Crippen molar-refractivity contribution in [1.29, 1.82) is 0 Å². The number of aliphatic imine (C=N–C) groups is 1. The third-order valence-electron chi connectivity index (χ3n) is 2.92. The minimum absolute atomic E-state index is 0.0777. The molecule has 0 radical (unpaired) electrons. The molecule has 110 valence electrons. The molecule has 7 nitrogen and oxygen atoms in total. The largest absolute Gasteiger partial charge is 0.493 e. The second kappa shape index (κ2) is 7.06. The second-order valence-corrected chi connectivity index (χ2v) is 4.25. The molecule has 0 bridgehead atoms. The Morgan fingerprint density at radius 2 is 2.25 bits per heavy atom. The molecule has 3 N–H and O–H groups in total. The number of fused-ring (bicyclic) bond motifs is 1. The lowest BCUT2D eigenvalue weighted by Crippen LogP contribution is -2.40. The normalized spacial score (nSPS) is 21.2. The van der Waals surface area contributed by atoms with Gasteiger partial charge in [-0.05, 0) is 6.08 Å². The van der Waals surface area contributed by atoms with Crippen LogP contribution in [-0.2, 0) is 19.0 Å². The van der Waals surface area contributed by atoms with Crippen LogP contribution in [0.25, 0.3) is 0 Å². The van der Waals surface area contributed by atoms with Crippen molar-refractivity contribution in [2.75, 3.05) is 40.1 Å². The van der Waals surface area contributed by atoms with Crippen LogP contribution in [0.2, 0.25) is 0 Å². The molecule has 0 saturated carbocycles. The van der Waals surface area contributed by atoms with Gasteiger partial charge in [0.25, 0.3) is 0 Å². The topological polar surface area (TPSA) is 95.2 Å². The van der Waals surface area contributed by atoms with Gasteiger partial charge in [0.05, 0.1) is 26.0 Å². The SMILES string of the molecule is COC1=CC2C(=O)NCN=C2C=C1OCCOCCN. The van der Waals surface area contributed by atoms with Gasteiger partial charge < -0.3 is 25.3 Å². The molecule has 2 aliphatic rings. The van der Waals surface area contributed by atoms with Gasteiger partial charge in [-0.3, -0.25) is 9.79 Å². The number of allylic oxidation sites excluding steroid dienone is 1. The van der Waals surface area contributed by atoms with Gasteiger partial charge in [0, 0.05) is 12.6 Å². The first-order valence-corrected chi connectivity index (χ1v) is 6.46. The molecule has 1 aliphatic heterocycles. The Hall–Kier alpha value is -1.86. The van der Waals surface area contributed by atoms with E-state index in [-0.39, 0.29) is 5.91 Å². The summed E-state index contributed by atoms with van der Waals surface area (Å²) in [6.07, 6.45) is 3.45. The van der Waals surface area contributed by atoms with Gasteiger partial charge in [0.15, 0.2) is 11.5 Å². The summed E-state index contributed by atoms with van der Waals surface area (Å²) in [7, 11) is 1.54. The number of ether oxygens (including phenoxy) is 3. The average molecular weight is 281 g/mol. The number of amides is 1. The number of nitrogens with one attached hydrogen (secondary N) is 1. The lowest BCUT2D eigenvalue weighted by atomic mass is 9.94. The van der Waals surface area contributed by atoms with E-state index in [1.54, 1.807) is 12.2 Å². The van der Waals surface area contributed by atoms with Gasteiger partial charge in [-0.1, -0.05) is 0 Å². The molecule has 0 aromatic rings. The molecule has 2 rings (SSSR count). The van der Waals surface area contributed by atoms with Crippen molar-refractivity contribution >= 4 is 11.6 Å². The third kappa shape index (κ3) is 3.37. The number of rotatable bonds is 7. The van der Waals surface area contributed by atoms with E-state index in [2.05, 4.69) is 10.3 Å². The molecule has 0 fully saturated rings. The Balaban J connectivity index is 1.98. The van der Waals surface area contributed by atoms with Crippen LogP contribution in [0.4, 0.5) is 0 Å². The molecule has 7 heteroatoms. The lowest BCUT2D eigenvalue weighted by molar-refractivity contribution is -0.122. The standard InChI is InChI=1S/C13H19N3O4/c1-18-11-6-9-10(15-8-16-13(9)17)7-12(11)20-5-4-19-3-2-14/h6-7,9H,2-5,8,14H2,1H3,(H,16,17). The first kappa shape index (κ1) is 14.5. The van der Waals surface area contributed by atoms with Crippen LogP contribution in [0.3, 0.4) is 0 Å². The smallest absolute Gasteiger partial charge is 0.234 e. The Morgan fingerprint density at radius 3 is 3.00 bits per heavy atom. The van der Waals surface area contributed by atoms with Crippen molar-refractivity contribution in [2.24, 2.45) is 16.6 Å². The Morgan fingerprint density at radius 1 is 1.40 bits per heavy atom. The fraction of sp³-hybridized carbons (Fsp3) is 0.538. The van der Waals surface area contributed by atoms with E-state index in [0.29, 0.717) is 50.3 Å². The van der Waals surface area contributed by atoms with Crippen LogP contribution in [-0.4, -0.2) is 51.8 Å². The highest BCUT2D eigenvalue weighted by Gasteiger charge is 2.30. The van der Waals surface area contributed by atoms with Gasteiger partial charge in [-0.2, -0.15) is 0 Å². The maximum absolute atomic E-state index is 11.7. The van der Waals surface area contributed by atoms with Gasteiger partial charge in [-0.15, -0.1) is 0 Å². The van der Waals surface area contributed by atoms with Crippen molar-refractivity contribution in [3.63, 3.8) is 0 Å². The predicted molar refractivity (Wildman–Crippen MR) is 72.9 cm³/mol. The van der Waals surface area contributed by atoms with Crippen molar-refractivity contribution in [1.82, 2.24) is 5.32 Å². The quantitative estimate of drug-likeness (QED) is 0.616. The first-order valence-electron chi connectivity index (χ1n) is 6.46. The van der Waals surface area contributed by atoms with Gasteiger partial charge in [0.1, 0.15) is 19.2 Å². The van der Waals surface area contributed by atoms with E-state index in [1.165, 1.54) is 7.11 Å². The number of methoxy groups -OCH3 is 1. The molecule has 1 amide bonds. The van der Waals surface area contributed by atoms with Crippen LogP contribution >= 0.6 is 0 Å². The number of hydrogen-bond acceptors (Lipinski definition) is 6. The summed E-state index contributed by atoms with van der Waals surface area (Å²) in [6, 6.07) is 0. The third-order valence-corrected chi connectivity index (χ3v) is 2.92. The Labute approximate surface area is 117 Å². The highest BCUT2D eigenvalue weighted by atomic mass is 16.5. The number of nitrogens with zero attached hydrogens (tertiary/aromatic N) is 1. The summed E-state index contributed by atoms with van der Waals surface area (Å²) in [6.45, 7) is 2.12. The summed E-state index contributed by atoms with van der Waals surface area (Å²) in [5.41, 5.74) is 6.01. The van der Waals surface area contributed by atoms with Crippen LogP contribution in [0.5, 0.6) is 0 Å². The van der Waals surface area contributed by atoms with E-state index in [9.17, 15) is 4.79 Å². The fourth-order valence-electron chi connectivity index (χ4n) is 1.96. The first-order chi connectivity index (χ1) is 9.76. The molecule has 1 atom stereocenters. The van der Waals surface area contributed by atoms with E-state index in [0.717, 1.165) is 0 Å². The zero-order valence-corrected chi connectivity index (χ0v) is 11.4. The summed E-state index contributed by atoms with van der Waals surface area (Å²) in [5.74, 6) is 0.615. The summed E-state index contributed by atoms with van der Waals surface area (Å²) in [5, 5.41) is 2.68. The molecule has 1 heterocycles. The van der Waals surface area contributed by atoms with Gasteiger partial charge >= 0.3 is 0 Å². The number of carbonyl (C=O) groups is 1. The molecule has 1 unspecified atom stereocenters. The number of nitrogens with two attached hydrogens (primary N) is 1. The van der Waals surface area contributed by atoms with E-state index in [4.69, 9.17) is 19.9 Å². The van der Waals surface area contributed by atoms with Crippen molar-refractivity contribution in [3.05, 3.63) is 23.7 Å². The Bertz CT molecular complexity index is 457. The Kier molecular flexibility index (Phi) is 5.14. The molecule has 1 aliphatic carbocycles. The maximum Gasteiger partial charge on any atom is 0.234 e. The van der Waals surface area contributed by atoms with E-state index in [1.807, 2.05) is 0 Å². The van der Waals surface area contributed by atoms with E-state index >= 15 is 0 Å². The lowest BCUT2D eigenvalue weighted by Gasteiger charge is -2.24. The number of hydrogen-bond donors (Lipinski definition) is 2. The van der Waals surface area contributed by atoms with E-state index < -0.39 is 5.92 Å². The molecule has 0 spiro atoms. The molecule has 0 aromatic heterocycles. The summed E-state index contributed by atoms with van der Waals surface area (Å²) < 4.78 is 16.1. The minimum atomic E-state index is -0.403. The molecule has 0 aromatic carbocycles. The second-order valence-electron chi connectivity index (χ2n) is 4.25. The molecular weight excluding hydrogens is 262 g/mol. The molecular formula is C13H19N3O4. The zero-order chi connectivity index (χ0) is 14.4. The van der Waals surface area contributed by atoms with Crippen LogP contribution in [0.1, 0.15) is 0 Å². The van der Waals surface area contributed by atoms with Gasteiger partial charge in [-0.25, -0.2) is 0 Å². The fourth-order valence-corrected chi connectivity index (χ4v) is 1.96. The van der Waals surface area contributed by atoms with Crippen LogP contribution in [0, 0.1) is 5.92 Å². The van der Waals surface area contributed by atoms with Crippen molar-refractivity contribution in [3.8, 4) is 0 Å². The average Bonchev–Trinajstić information content (AvgIpc) is 2.47. The van der Waals surface area contributed by atoms with Crippen molar-refractivity contribution < 1.29 is 19.0 Å². The summed E-state index contributed by atoms with van der Waals surface area (Å²) in [4.78, 5) is 16.0. The maximum atomic E-state index is 11.7.